The van der Waals surface area contributed by atoms with Crippen LogP contribution in [0.3, 0.4) is 0 Å². The third kappa shape index (κ3) is 3.73. The Morgan fingerprint density at radius 3 is 2.57 bits per heavy atom. The zero-order valence-corrected chi connectivity index (χ0v) is 17.0. The molecule has 0 radical (unpaired) electrons. The lowest BCUT2D eigenvalue weighted by molar-refractivity contribution is -0.130. The van der Waals surface area contributed by atoms with Gasteiger partial charge in [-0.15, -0.1) is 12.4 Å². The Kier molecular flexibility index (Phi) is 5.96. The first-order chi connectivity index (χ1) is 13.1. The van der Waals surface area contributed by atoms with Crippen LogP contribution in [-0.2, 0) is 11.3 Å². The van der Waals surface area contributed by atoms with E-state index in [9.17, 15) is 4.79 Å². The van der Waals surface area contributed by atoms with Gasteiger partial charge < -0.3 is 19.9 Å². The fraction of sp³-hybridized carbons (Fsp3) is 0.318. The number of methoxy groups -OCH3 is 1. The second-order valence-electron chi connectivity index (χ2n) is 7.27. The van der Waals surface area contributed by atoms with Crippen LogP contribution >= 0.6 is 12.4 Å². The smallest absolute Gasteiger partial charge is 0.242 e. The van der Waals surface area contributed by atoms with Crippen LogP contribution in [-0.4, -0.2) is 41.6 Å². The number of fused-ring (bicyclic) bond motifs is 1. The fourth-order valence-corrected chi connectivity index (χ4v) is 4.03. The van der Waals surface area contributed by atoms with E-state index in [1.807, 2.05) is 48.2 Å². The van der Waals surface area contributed by atoms with Crippen molar-refractivity contribution in [3.63, 3.8) is 0 Å². The Morgan fingerprint density at radius 2 is 1.86 bits per heavy atom. The molecule has 0 aliphatic carbocycles. The molecular weight excluding hydrogens is 374 g/mol. The highest BCUT2D eigenvalue weighted by molar-refractivity contribution is 5.85. The van der Waals surface area contributed by atoms with Crippen molar-refractivity contribution in [2.75, 3.05) is 20.2 Å². The maximum Gasteiger partial charge on any atom is 0.242 e. The normalized spacial score (nSPS) is 18.9. The minimum atomic E-state index is -0.0511. The highest BCUT2D eigenvalue weighted by Gasteiger charge is 2.34. The molecule has 1 saturated heterocycles. The molecule has 3 aromatic rings. The number of halogens is 1. The van der Waals surface area contributed by atoms with Crippen molar-refractivity contribution in [1.82, 2.24) is 9.47 Å². The van der Waals surface area contributed by atoms with Gasteiger partial charge in [0.1, 0.15) is 12.3 Å². The van der Waals surface area contributed by atoms with E-state index < -0.39 is 0 Å². The molecule has 1 fully saturated rings. The summed E-state index contributed by atoms with van der Waals surface area (Å²) in [6, 6.07) is 18.2. The van der Waals surface area contributed by atoms with E-state index in [0.29, 0.717) is 19.6 Å². The summed E-state index contributed by atoms with van der Waals surface area (Å²) in [6.07, 6.45) is 0. The van der Waals surface area contributed by atoms with E-state index in [-0.39, 0.29) is 30.3 Å². The minimum absolute atomic E-state index is 0. The molecule has 6 heteroatoms. The number of ether oxygens (including phenoxy) is 1. The Bertz CT molecular complexity index is 968. The van der Waals surface area contributed by atoms with Gasteiger partial charge in [-0.1, -0.05) is 30.3 Å². The molecule has 148 valence electrons. The number of aryl methyl sites for hydroxylation is 1. The maximum atomic E-state index is 13.0. The predicted octanol–water partition coefficient (Wildman–Crippen LogP) is 3.33. The SMILES string of the molecule is COc1ccc([C@@H]2CN(C(=O)Cn3c(C)cc4ccccc43)C[C@H]2N)cc1.Cl. The summed E-state index contributed by atoms with van der Waals surface area (Å²) in [6.45, 7) is 3.64. The summed E-state index contributed by atoms with van der Waals surface area (Å²) in [5.74, 6) is 1.10. The number of para-hydroxylation sites is 1. The number of amides is 1. The van der Waals surface area contributed by atoms with Crippen LogP contribution < -0.4 is 10.5 Å². The Morgan fingerprint density at radius 1 is 1.14 bits per heavy atom. The van der Waals surface area contributed by atoms with Crippen LogP contribution in [0.15, 0.2) is 54.6 Å². The summed E-state index contributed by atoms with van der Waals surface area (Å²) in [7, 11) is 1.66. The van der Waals surface area contributed by atoms with Crippen molar-refractivity contribution in [3.05, 3.63) is 65.9 Å². The van der Waals surface area contributed by atoms with Gasteiger partial charge in [0.15, 0.2) is 0 Å². The average molecular weight is 400 g/mol. The minimum Gasteiger partial charge on any atom is -0.497 e. The molecule has 2 heterocycles. The molecule has 28 heavy (non-hydrogen) atoms. The van der Waals surface area contributed by atoms with Crippen molar-refractivity contribution in [2.45, 2.75) is 25.4 Å². The highest BCUT2D eigenvalue weighted by Crippen LogP contribution is 2.28. The van der Waals surface area contributed by atoms with Gasteiger partial charge in [0, 0.05) is 36.3 Å². The first kappa shape index (κ1) is 20.2. The number of rotatable bonds is 4. The summed E-state index contributed by atoms with van der Waals surface area (Å²) in [5, 5.41) is 1.16. The van der Waals surface area contributed by atoms with Crippen molar-refractivity contribution < 1.29 is 9.53 Å². The third-order valence-electron chi connectivity index (χ3n) is 5.57. The van der Waals surface area contributed by atoms with E-state index in [0.717, 1.165) is 27.9 Å². The molecule has 0 bridgehead atoms. The Hall–Kier alpha value is -2.50. The molecule has 2 N–H and O–H groups in total. The predicted molar refractivity (Wildman–Crippen MR) is 114 cm³/mol. The summed E-state index contributed by atoms with van der Waals surface area (Å²) < 4.78 is 7.31. The maximum absolute atomic E-state index is 13.0. The molecule has 2 atom stereocenters. The first-order valence-corrected chi connectivity index (χ1v) is 9.29. The lowest BCUT2D eigenvalue weighted by Gasteiger charge is -2.18. The van der Waals surface area contributed by atoms with E-state index in [4.69, 9.17) is 10.5 Å². The van der Waals surface area contributed by atoms with Gasteiger partial charge in [0.2, 0.25) is 5.91 Å². The summed E-state index contributed by atoms with van der Waals surface area (Å²) in [5.41, 5.74) is 9.72. The zero-order valence-electron chi connectivity index (χ0n) is 16.2. The summed E-state index contributed by atoms with van der Waals surface area (Å²) >= 11 is 0. The first-order valence-electron chi connectivity index (χ1n) is 9.29. The van der Waals surface area contributed by atoms with E-state index >= 15 is 0 Å². The number of likely N-dealkylation sites (tertiary alicyclic amines) is 1. The van der Waals surface area contributed by atoms with Gasteiger partial charge in [0.25, 0.3) is 0 Å². The second-order valence-corrected chi connectivity index (χ2v) is 7.27. The van der Waals surface area contributed by atoms with Crippen molar-refractivity contribution in [1.29, 1.82) is 0 Å². The van der Waals surface area contributed by atoms with Gasteiger partial charge in [-0.25, -0.2) is 0 Å². The molecule has 1 aliphatic rings. The monoisotopic (exact) mass is 399 g/mol. The molecule has 0 saturated carbocycles. The quantitative estimate of drug-likeness (QED) is 0.732. The Balaban J connectivity index is 0.00000225. The molecule has 0 unspecified atom stereocenters. The number of carbonyl (C=O) groups is 1. The van der Waals surface area contributed by atoms with Gasteiger partial charge in [-0.2, -0.15) is 0 Å². The molecule has 4 rings (SSSR count). The van der Waals surface area contributed by atoms with E-state index in [1.54, 1.807) is 7.11 Å². The van der Waals surface area contributed by atoms with Crippen LogP contribution in [0.25, 0.3) is 10.9 Å². The average Bonchev–Trinajstić information content (AvgIpc) is 3.22. The van der Waals surface area contributed by atoms with Gasteiger partial charge >= 0.3 is 0 Å². The van der Waals surface area contributed by atoms with E-state index in [2.05, 4.69) is 22.8 Å². The highest BCUT2D eigenvalue weighted by atomic mass is 35.5. The lowest BCUT2D eigenvalue weighted by atomic mass is 9.95. The van der Waals surface area contributed by atoms with Crippen LogP contribution in [0, 0.1) is 6.92 Å². The third-order valence-corrected chi connectivity index (χ3v) is 5.57. The molecule has 1 aromatic heterocycles. The van der Waals surface area contributed by atoms with Crippen molar-refractivity contribution >= 4 is 29.2 Å². The van der Waals surface area contributed by atoms with E-state index in [1.165, 1.54) is 0 Å². The number of benzene rings is 2. The standard InChI is InChI=1S/C22H25N3O2.ClH/c1-15-11-17-5-3-4-6-21(17)25(15)14-22(26)24-12-19(20(23)13-24)16-7-9-18(27-2)10-8-16;/h3-11,19-20H,12-14,23H2,1-2H3;1H/t19-,20+;/m0./s1. The topological polar surface area (TPSA) is 60.5 Å². The van der Waals surface area contributed by atoms with Crippen molar-refractivity contribution in [3.8, 4) is 5.75 Å². The lowest BCUT2D eigenvalue weighted by Crippen LogP contribution is -2.34. The van der Waals surface area contributed by atoms with Crippen LogP contribution in [0.5, 0.6) is 5.75 Å². The number of hydrogen-bond donors (Lipinski definition) is 1. The van der Waals surface area contributed by atoms with Gasteiger partial charge in [-0.05, 0) is 42.1 Å². The van der Waals surface area contributed by atoms with Crippen LogP contribution in [0.2, 0.25) is 0 Å². The summed E-state index contributed by atoms with van der Waals surface area (Å²) in [4.78, 5) is 14.9. The molecule has 0 spiro atoms. The second kappa shape index (κ2) is 8.25. The molecule has 1 aliphatic heterocycles. The number of nitrogens with zero attached hydrogens (tertiary/aromatic N) is 2. The van der Waals surface area contributed by atoms with Gasteiger partial charge in [-0.3, -0.25) is 4.79 Å². The Labute approximate surface area is 171 Å². The van der Waals surface area contributed by atoms with Crippen molar-refractivity contribution in [2.24, 2.45) is 5.73 Å². The zero-order chi connectivity index (χ0) is 19.0. The number of nitrogens with two attached hydrogens (primary N) is 1. The number of hydrogen-bond acceptors (Lipinski definition) is 3. The molecule has 1 amide bonds. The number of aromatic nitrogens is 1. The molecular formula is C22H26ClN3O2. The molecule has 2 aromatic carbocycles. The molecule has 5 nitrogen and oxygen atoms in total. The largest absolute Gasteiger partial charge is 0.497 e. The fourth-order valence-electron chi connectivity index (χ4n) is 4.03. The van der Waals surface area contributed by atoms with Gasteiger partial charge in [0.05, 0.1) is 7.11 Å². The van der Waals surface area contributed by atoms with Crippen LogP contribution in [0.1, 0.15) is 17.2 Å². The van der Waals surface area contributed by atoms with Crippen LogP contribution in [0.4, 0.5) is 0 Å². The number of carbonyl (C=O) groups excluding carboxylic acids is 1.